The van der Waals surface area contributed by atoms with Crippen molar-refractivity contribution < 1.29 is 14.2 Å². The van der Waals surface area contributed by atoms with Gasteiger partial charge in [0.2, 0.25) is 0 Å². The lowest BCUT2D eigenvalue weighted by Crippen LogP contribution is -2.04. The number of nitrogens with one attached hydrogen (secondary N) is 1. The summed E-state index contributed by atoms with van der Waals surface area (Å²) in [6, 6.07) is 19.8. The highest BCUT2D eigenvalue weighted by Gasteiger charge is 2.09. The number of anilines is 2. The van der Waals surface area contributed by atoms with E-state index in [4.69, 9.17) is 14.2 Å². The summed E-state index contributed by atoms with van der Waals surface area (Å²) in [5, 5.41) is 4.50. The topological polar surface area (TPSA) is 70.4 Å². The van der Waals surface area contributed by atoms with Gasteiger partial charge in [0.05, 0.1) is 29.5 Å². The fourth-order valence-corrected chi connectivity index (χ4v) is 3.87. The lowest BCUT2D eigenvalue weighted by molar-refractivity contribution is 0.146. The molecule has 5 aromatic rings. The molecule has 0 spiro atoms. The van der Waals surface area contributed by atoms with Crippen molar-refractivity contribution >= 4 is 33.3 Å². The molecule has 0 aliphatic rings. The molecule has 7 nitrogen and oxygen atoms in total. The SMILES string of the molecule is COCCOc1ccc2nccc(Nc3ccc(Oc4ccc5c(c4)ncn5C)c(C)c3)c2c1. The Morgan fingerprint density at radius 2 is 1.76 bits per heavy atom. The predicted octanol–water partition coefficient (Wildman–Crippen LogP) is 5.99. The van der Waals surface area contributed by atoms with Crippen LogP contribution in [0.15, 0.2) is 73.2 Å². The molecule has 34 heavy (non-hydrogen) atoms. The van der Waals surface area contributed by atoms with E-state index < -0.39 is 0 Å². The number of fused-ring (bicyclic) bond motifs is 2. The van der Waals surface area contributed by atoms with Crippen molar-refractivity contribution in [3.8, 4) is 17.2 Å². The van der Waals surface area contributed by atoms with Gasteiger partial charge < -0.3 is 24.1 Å². The summed E-state index contributed by atoms with van der Waals surface area (Å²) in [5.74, 6) is 2.34. The Hall–Kier alpha value is -4.10. The molecular formula is C27H26N4O3. The molecule has 0 amide bonds. The molecule has 0 radical (unpaired) electrons. The van der Waals surface area contributed by atoms with E-state index in [1.165, 1.54) is 0 Å². The fraction of sp³-hybridized carbons (Fsp3) is 0.185. The van der Waals surface area contributed by atoms with E-state index in [1.54, 1.807) is 19.6 Å². The van der Waals surface area contributed by atoms with Crippen molar-refractivity contribution in [1.29, 1.82) is 0 Å². The molecule has 0 saturated heterocycles. The zero-order chi connectivity index (χ0) is 23.5. The van der Waals surface area contributed by atoms with Crippen LogP contribution in [0.25, 0.3) is 21.9 Å². The van der Waals surface area contributed by atoms with E-state index in [0.29, 0.717) is 13.2 Å². The first kappa shape index (κ1) is 21.7. The largest absolute Gasteiger partial charge is 0.491 e. The number of hydrogen-bond acceptors (Lipinski definition) is 6. The molecular weight excluding hydrogens is 428 g/mol. The lowest BCUT2D eigenvalue weighted by Gasteiger charge is -2.14. The number of benzene rings is 3. The fourth-order valence-electron chi connectivity index (χ4n) is 3.87. The van der Waals surface area contributed by atoms with Crippen LogP contribution in [-0.2, 0) is 11.8 Å². The average molecular weight is 455 g/mol. The Morgan fingerprint density at radius 3 is 2.62 bits per heavy atom. The Bertz CT molecular complexity index is 1460. The Morgan fingerprint density at radius 1 is 0.882 bits per heavy atom. The molecule has 0 fully saturated rings. The summed E-state index contributed by atoms with van der Waals surface area (Å²) in [6.07, 6.45) is 3.60. The molecule has 1 N–H and O–H groups in total. The highest BCUT2D eigenvalue weighted by molar-refractivity contribution is 5.93. The quantitative estimate of drug-likeness (QED) is 0.290. The molecule has 0 bridgehead atoms. The van der Waals surface area contributed by atoms with Crippen LogP contribution in [0, 0.1) is 6.92 Å². The molecule has 0 saturated carbocycles. The second-order valence-electron chi connectivity index (χ2n) is 8.09. The van der Waals surface area contributed by atoms with Gasteiger partial charge in [-0.25, -0.2) is 4.98 Å². The summed E-state index contributed by atoms with van der Waals surface area (Å²) in [4.78, 5) is 8.88. The minimum Gasteiger partial charge on any atom is -0.491 e. The zero-order valence-corrected chi connectivity index (χ0v) is 19.4. The van der Waals surface area contributed by atoms with Gasteiger partial charge in [0, 0.05) is 43.2 Å². The molecule has 0 unspecified atom stereocenters. The van der Waals surface area contributed by atoms with Gasteiger partial charge in [0.1, 0.15) is 23.9 Å². The van der Waals surface area contributed by atoms with Crippen molar-refractivity contribution in [2.45, 2.75) is 6.92 Å². The molecule has 2 heterocycles. The van der Waals surface area contributed by atoms with Gasteiger partial charge in [-0.15, -0.1) is 0 Å². The zero-order valence-electron chi connectivity index (χ0n) is 19.4. The molecule has 172 valence electrons. The van der Waals surface area contributed by atoms with Gasteiger partial charge in [-0.05, 0) is 67.1 Å². The molecule has 7 heteroatoms. The Balaban J connectivity index is 1.36. The van der Waals surface area contributed by atoms with E-state index in [9.17, 15) is 0 Å². The van der Waals surface area contributed by atoms with Crippen LogP contribution < -0.4 is 14.8 Å². The second kappa shape index (κ2) is 9.41. The molecule has 0 aliphatic carbocycles. The van der Waals surface area contributed by atoms with Gasteiger partial charge in [-0.3, -0.25) is 4.98 Å². The summed E-state index contributed by atoms with van der Waals surface area (Å²) < 4.78 is 19.0. The second-order valence-corrected chi connectivity index (χ2v) is 8.09. The lowest BCUT2D eigenvalue weighted by atomic mass is 10.1. The molecule has 5 rings (SSSR count). The maximum atomic E-state index is 6.15. The number of hydrogen-bond donors (Lipinski definition) is 1. The standard InChI is InChI=1S/C27H26N4O3/c1-18-14-19(4-9-27(18)34-21-6-8-26-25(16-21)29-17-31(26)2)30-24-10-11-28-23-7-5-20(15-22(23)24)33-13-12-32-3/h4-11,14-17H,12-13H2,1-3H3,(H,28,30). The summed E-state index contributed by atoms with van der Waals surface area (Å²) in [6.45, 7) is 3.07. The van der Waals surface area contributed by atoms with Gasteiger partial charge >= 0.3 is 0 Å². The number of imidazole rings is 1. The number of aromatic nitrogens is 3. The maximum absolute atomic E-state index is 6.15. The van der Waals surface area contributed by atoms with Gasteiger partial charge in [-0.1, -0.05) is 0 Å². The van der Waals surface area contributed by atoms with Gasteiger partial charge in [0.25, 0.3) is 0 Å². The minimum atomic E-state index is 0.499. The van der Waals surface area contributed by atoms with E-state index in [1.807, 2.05) is 73.1 Å². The first-order valence-electron chi connectivity index (χ1n) is 11.1. The van der Waals surface area contributed by atoms with Crippen molar-refractivity contribution in [2.75, 3.05) is 25.6 Å². The van der Waals surface area contributed by atoms with Crippen LogP contribution in [0.2, 0.25) is 0 Å². The molecule has 0 atom stereocenters. The molecule has 3 aromatic carbocycles. The average Bonchev–Trinajstić information content (AvgIpc) is 3.21. The van der Waals surface area contributed by atoms with Crippen molar-refractivity contribution in [2.24, 2.45) is 7.05 Å². The third kappa shape index (κ3) is 4.51. The number of nitrogens with zero attached hydrogens (tertiary/aromatic N) is 3. The van der Waals surface area contributed by atoms with E-state index in [0.717, 1.165) is 56.1 Å². The maximum Gasteiger partial charge on any atom is 0.130 e. The normalized spacial score (nSPS) is 11.1. The van der Waals surface area contributed by atoms with Crippen LogP contribution in [0.5, 0.6) is 17.2 Å². The first-order valence-corrected chi connectivity index (χ1v) is 11.1. The van der Waals surface area contributed by atoms with E-state index in [2.05, 4.69) is 21.4 Å². The van der Waals surface area contributed by atoms with Crippen LogP contribution in [-0.4, -0.2) is 34.9 Å². The first-order chi connectivity index (χ1) is 16.6. The summed E-state index contributed by atoms with van der Waals surface area (Å²) in [5.41, 5.74) is 5.81. The van der Waals surface area contributed by atoms with E-state index in [-0.39, 0.29) is 0 Å². The number of rotatable bonds is 8. The predicted molar refractivity (Wildman–Crippen MR) is 134 cm³/mol. The van der Waals surface area contributed by atoms with Gasteiger partial charge in [-0.2, -0.15) is 0 Å². The highest BCUT2D eigenvalue weighted by Crippen LogP contribution is 2.32. The molecule has 2 aromatic heterocycles. The monoisotopic (exact) mass is 454 g/mol. The van der Waals surface area contributed by atoms with Crippen LogP contribution in [0.1, 0.15) is 5.56 Å². The number of pyridine rings is 1. The Kier molecular flexibility index (Phi) is 6.01. The van der Waals surface area contributed by atoms with Crippen LogP contribution in [0.3, 0.4) is 0 Å². The number of methoxy groups -OCH3 is 1. The van der Waals surface area contributed by atoms with Crippen molar-refractivity contribution in [3.63, 3.8) is 0 Å². The minimum absolute atomic E-state index is 0.499. The highest BCUT2D eigenvalue weighted by atomic mass is 16.5. The van der Waals surface area contributed by atoms with Crippen LogP contribution >= 0.6 is 0 Å². The number of ether oxygens (including phenoxy) is 3. The number of aryl methyl sites for hydroxylation is 2. The van der Waals surface area contributed by atoms with Crippen LogP contribution in [0.4, 0.5) is 11.4 Å². The summed E-state index contributed by atoms with van der Waals surface area (Å²) >= 11 is 0. The van der Waals surface area contributed by atoms with E-state index >= 15 is 0 Å². The third-order valence-corrected chi connectivity index (χ3v) is 5.65. The molecule has 0 aliphatic heterocycles. The summed E-state index contributed by atoms with van der Waals surface area (Å²) in [7, 11) is 3.64. The third-order valence-electron chi connectivity index (χ3n) is 5.65. The smallest absolute Gasteiger partial charge is 0.130 e. The van der Waals surface area contributed by atoms with Crippen molar-refractivity contribution in [1.82, 2.24) is 14.5 Å². The van der Waals surface area contributed by atoms with Crippen molar-refractivity contribution in [3.05, 3.63) is 78.8 Å². The van der Waals surface area contributed by atoms with Gasteiger partial charge in [0.15, 0.2) is 0 Å². The Labute approximate surface area is 197 Å².